The van der Waals surface area contributed by atoms with Gasteiger partial charge in [-0.25, -0.2) is 0 Å². The van der Waals surface area contributed by atoms with Gasteiger partial charge in [0.2, 0.25) is 0 Å². The van der Waals surface area contributed by atoms with Gasteiger partial charge in [-0.15, -0.1) is 5.10 Å². The monoisotopic (exact) mass is 267 g/mol. The molecule has 94 valence electrons. The van der Waals surface area contributed by atoms with Crippen molar-refractivity contribution >= 4 is 17.2 Å². The van der Waals surface area contributed by atoms with Gasteiger partial charge >= 0.3 is 0 Å². The van der Waals surface area contributed by atoms with E-state index in [4.69, 9.17) is 0 Å². The van der Waals surface area contributed by atoms with Crippen LogP contribution in [0.25, 0.3) is 11.1 Å². The summed E-state index contributed by atoms with van der Waals surface area (Å²) in [6.07, 6.45) is 0. The van der Waals surface area contributed by atoms with Crippen LogP contribution >= 0.6 is 11.5 Å². The summed E-state index contributed by atoms with van der Waals surface area (Å²) in [5.41, 5.74) is 4.52. The third-order valence-electron chi connectivity index (χ3n) is 2.87. The summed E-state index contributed by atoms with van der Waals surface area (Å²) in [6.45, 7) is 0.710. The Morgan fingerprint density at radius 1 is 0.895 bits per heavy atom. The maximum Gasteiger partial charge on any atom is 0.0946 e. The highest BCUT2D eigenvalue weighted by Crippen LogP contribution is 2.21. The number of anilines is 1. The van der Waals surface area contributed by atoms with Crippen molar-refractivity contribution in [1.29, 1.82) is 0 Å². The average Bonchev–Trinajstić information content (AvgIpc) is 3.00. The predicted molar refractivity (Wildman–Crippen MR) is 79.1 cm³/mol. The van der Waals surface area contributed by atoms with Crippen LogP contribution in [0.1, 0.15) is 5.69 Å². The van der Waals surface area contributed by atoms with Crippen LogP contribution in [0.5, 0.6) is 0 Å². The second-order valence-electron chi connectivity index (χ2n) is 4.19. The van der Waals surface area contributed by atoms with Gasteiger partial charge in [0.15, 0.2) is 0 Å². The second-order valence-corrected chi connectivity index (χ2v) is 4.80. The SMILES string of the molecule is c1ccc(-c2ccc(NCc3csnn3)cc2)cc1. The molecular formula is C15H13N3S. The Hall–Kier alpha value is -2.20. The van der Waals surface area contributed by atoms with Crippen LogP contribution in [0.2, 0.25) is 0 Å². The van der Waals surface area contributed by atoms with E-state index in [1.54, 1.807) is 0 Å². The van der Waals surface area contributed by atoms with Crippen LogP contribution in [0.3, 0.4) is 0 Å². The second kappa shape index (κ2) is 5.63. The third-order valence-corrected chi connectivity index (χ3v) is 3.42. The lowest BCUT2D eigenvalue weighted by molar-refractivity contribution is 0.999. The third kappa shape index (κ3) is 2.98. The fourth-order valence-corrected chi connectivity index (χ4v) is 2.32. The maximum absolute atomic E-state index is 4.00. The first-order valence-corrected chi connectivity index (χ1v) is 6.91. The normalized spacial score (nSPS) is 10.3. The average molecular weight is 267 g/mol. The van der Waals surface area contributed by atoms with Crippen molar-refractivity contribution < 1.29 is 0 Å². The van der Waals surface area contributed by atoms with Crippen molar-refractivity contribution in [2.45, 2.75) is 6.54 Å². The lowest BCUT2D eigenvalue weighted by atomic mass is 10.1. The molecule has 0 unspecified atom stereocenters. The summed E-state index contributed by atoms with van der Waals surface area (Å²) < 4.78 is 3.84. The van der Waals surface area contributed by atoms with Crippen LogP contribution in [0.15, 0.2) is 60.0 Å². The van der Waals surface area contributed by atoms with E-state index in [0.717, 1.165) is 11.4 Å². The van der Waals surface area contributed by atoms with Crippen LogP contribution < -0.4 is 5.32 Å². The summed E-state index contributed by atoms with van der Waals surface area (Å²) in [4.78, 5) is 0. The van der Waals surface area contributed by atoms with Gasteiger partial charge < -0.3 is 5.32 Å². The Balaban J connectivity index is 1.69. The highest BCUT2D eigenvalue weighted by Gasteiger charge is 1.99. The van der Waals surface area contributed by atoms with E-state index in [2.05, 4.69) is 63.4 Å². The van der Waals surface area contributed by atoms with Gasteiger partial charge in [0.25, 0.3) is 0 Å². The molecule has 0 saturated carbocycles. The van der Waals surface area contributed by atoms with Crippen molar-refractivity contribution in [2.75, 3.05) is 5.32 Å². The van der Waals surface area contributed by atoms with E-state index in [1.807, 2.05) is 11.4 Å². The van der Waals surface area contributed by atoms with Gasteiger partial charge in [0.1, 0.15) is 0 Å². The Labute approximate surface area is 116 Å². The van der Waals surface area contributed by atoms with E-state index in [-0.39, 0.29) is 0 Å². The summed E-state index contributed by atoms with van der Waals surface area (Å²) in [7, 11) is 0. The van der Waals surface area contributed by atoms with Crippen molar-refractivity contribution in [1.82, 2.24) is 9.59 Å². The molecule has 1 aromatic heterocycles. The molecule has 19 heavy (non-hydrogen) atoms. The number of benzene rings is 2. The number of rotatable bonds is 4. The molecule has 0 atom stereocenters. The highest BCUT2D eigenvalue weighted by atomic mass is 32.1. The van der Waals surface area contributed by atoms with Crippen LogP contribution in [0.4, 0.5) is 5.69 Å². The van der Waals surface area contributed by atoms with Gasteiger partial charge in [-0.3, -0.25) is 0 Å². The van der Waals surface area contributed by atoms with Gasteiger partial charge in [0.05, 0.1) is 12.2 Å². The van der Waals surface area contributed by atoms with Crippen LogP contribution in [0, 0.1) is 0 Å². The molecule has 0 aliphatic rings. The molecule has 0 spiro atoms. The Morgan fingerprint density at radius 2 is 1.63 bits per heavy atom. The largest absolute Gasteiger partial charge is 0.379 e. The molecule has 3 rings (SSSR count). The zero-order valence-electron chi connectivity index (χ0n) is 10.3. The first kappa shape index (κ1) is 11.9. The Kier molecular flexibility index (Phi) is 3.51. The quantitative estimate of drug-likeness (QED) is 0.781. The molecule has 0 radical (unpaired) electrons. The van der Waals surface area contributed by atoms with E-state index >= 15 is 0 Å². The maximum atomic E-state index is 4.00. The minimum Gasteiger partial charge on any atom is -0.379 e. The molecule has 3 aromatic rings. The highest BCUT2D eigenvalue weighted by molar-refractivity contribution is 7.03. The Morgan fingerprint density at radius 3 is 2.32 bits per heavy atom. The summed E-state index contributed by atoms with van der Waals surface area (Å²) in [6, 6.07) is 18.8. The molecule has 0 aliphatic carbocycles. The van der Waals surface area contributed by atoms with E-state index in [1.165, 1.54) is 22.7 Å². The van der Waals surface area contributed by atoms with Crippen molar-refractivity contribution in [3.05, 3.63) is 65.7 Å². The molecule has 1 N–H and O–H groups in total. The lowest BCUT2D eigenvalue weighted by Crippen LogP contribution is -1.99. The first-order valence-electron chi connectivity index (χ1n) is 6.07. The molecule has 2 aromatic carbocycles. The minimum absolute atomic E-state index is 0.710. The summed E-state index contributed by atoms with van der Waals surface area (Å²) in [5, 5.41) is 9.28. The van der Waals surface area contributed by atoms with E-state index in [0.29, 0.717) is 6.54 Å². The van der Waals surface area contributed by atoms with E-state index < -0.39 is 0 Å². The zero-order valence-corrected chi connectivity index (χ0v) is 11.1. The van der Waals surface area contributed by atoms with Crippen molar-refractivity contribution in [2.24, 2.45) is 0 Å². The molecular weight excluding hydrogens is 254 g/mol. The van der Waals surface area contributed by atoms with Gasteiger partial charge in [-0.1, -0.05) is 47.0 Å². The molecule has 0 amide bonds. The zero-order chi connectivity index (χ0) is 12.9. The Bertz CT molecular complexity index is 618. The predicted octanol–water partition coefficient (Wildman–Crippen LogP) is 3.82. The lowest BCUT2D eigenvalue weighted by Gasteiger charge is -2.06. The van der Waals surface area contributed by atoms with Gasteiger partial charge in [-0.05, 0) is 34.8 Å². The fraction of sp³-hybridized carbons (Fsp3) is 0.0667. The molecule has 4 heteroatoms. The molecule has 0 saturated heterocycles. The molecule has 0 aliphatic heterocycles. The minimum atomic E-state index is 0.710. The van der Waals surface area contributed by atoms with Crippen molar-refractivity contribution in [3.8, 4) is 11.1 Å². The number of aromatic nitrogens is 2. The topological polar surface area (TPSA) is 37.8 Å². The number of hydrogen-bond donors (Lipinski definition) is 1. The number of nitrogens with one attached hydrogen (secondary N) is 1. The molecule has 0 bridgehead atoms. The van der Waals surface area contributed by atoms with Crippen LogP contribution in [-0.4, -0.2) is 9.59 Å². The smallest absolute Gasteiger partial charge is 0.0946 e. The molecule has 3 nitrogen and oxygen atoms in total. The van der Waals surface area contributed by atoms with Crippen LogP contribution in [-0.2, 0) is 6.54 Å². The number of nitrogens with zero attached hydrogens (tertiary/aromatic N) is 2. The summed E-state index contributed by atoms with van der Waals surface area (Å²) in [5.74, 6) is 0. The standard InChI is InChI=1S/C15H13N3S/c1-2-4-12(5-3-1)13-6-8-14(9-7-13)16-10-15-11-19-18-17-15/h1-9,11,16H,10H2. The molecule has 1 heterocycles. The fourth-order valence-electron chi connectivity index (χ4n) is 1.86. The van der Waals surface area contributed by atoms with Gasteiger partial charge in [-0.2, -0.15) is 0 Å². The van der Waals surface area contributed by atoms with Crippen molar-refractivity contribution in [3.63, 3.8) is 0 Å². The van der Waals surface area contributed by atoms with Gasteiger partial charge in [0, 0.05) is 11.1 Å². The summed E-state index contributed by atoms with van der Waals surface area (Å²) >= 11 is 1.37. The first-order chi connectivity index (χ1) is 9.42. The molecule has 0 fully saturated rings. The number of hydrogen-bond acceptors (Lipinski definition) is 4. The van der Waals surface area contributed by atoms with E-state index in [9.17, 15) is 0 Å².